The average Bonchev–Trinajstić information content (AvgIpc) is 2.97. The molecule has 18 heavy (non-hydrogen) atoms. The third kappa shape index (κ3) is 2.26. The lowest BCUT2D eigenvalue weighted by atomic mass is 9.68. The topological polar surface area (TPSA) is 27.6 Å². The summed E-state index contributed by atoms with van der Waals surface area (Å²) in [5.74, 6) is 1.07. The van der Waals surface area contributed by atoms with Crippen LogP contribution in [-0.2, 0) is 6.54 Å². The van der Waals surface area contributed by atoms with Crippen molar-refractivity contribution in [3.63, 3.8) is 0 Å². The average molecular weight is 263 g/mol. The van der Waals surface area contributed by atoms with Gasteiger partial charge in [-0.1, -0.05) is 6.42 Å². The molecular weight excluding hydrogens is 242 g/mol. The Morgan fingerprint density at radius 3 is 2.94 bits per heavy atom. The molecule has 0 radical (unpaired) electrons. The van der Waals surface area contributed by atoms with E-state index in [4.69, 9.17) is 0 Å². The van der Waals surface area contributed by atoms with Gasteiger partial charge >= 0.3 is 0 Å². The summed E-state index contributed by atoms with van der Waals surface area (Å²) in [6, 6.07) is 2.17. The second-order valence-electron chi connectivity index (χ2n) is 5.56. The molecule has 3 nitrogen and oxygen atoms in total. The highest BCUT2D eigenvalue weighted by molar-refractivity contribution is 7.07. The molecule has 1 saturated heterocycles. The lowest BCUT2D eigenvalue weighted by Crippen LogP contribution is -2.42. The van der Waals surface area contributed by atoms with Gasteiger partial charge in [-0.15, -0.1) is 0 Å². The first kappa shape index (κ1) is 12.0. The summed E-state index contributed by atoms with van der Waals surface area (Å²) in [4.78, 5) is 6.86. The van der Waals surface area contributed by atoms with E-state index in [-0.39, 0.29) is 0 Å². The SMILES string of the molecule is CN=C(NCc1ccsc1)N1CCC2(CCC2)C1. The minimum atomic E-state index is 0.639. The number of thiophene rings is 1. The van der Waals surface area contributed by atoms with Crippen LogP contribution in [-0.4, -0.2) is 31.0 Å². The molecule has 1 aromatic rings. The first-order chi connectivity index (χ1) is 8.81. The standard InChI is InChI=1S/C14H21N3S/c1-15-13(16-9-12-3-8-18-10-12)17-7-6-14(11-17)4-2-5-14/h3,8,10H,2,4-7,9,11H2,1H3,(H,15,16). The third-order valence-corrected chi connectivity index (χ3v) is 5.13. The van der Waals surface area contributed by atoms with Gasteiger partial charge in [0, 0.05) is 26.7 Å². The number of nitrogens with one attached hydrogen (secondary N) is 1. The van der Waals surface area contributed by atoms with Gasteiger partial charge in [-0.3, -0.25) is 4.99 Å². The van der Waals surface area contributed by atoms with Crippen molar-refractivity contribution in [3.8, 4) is 0 Å². The van der Waals surface area contributed by atoms with E-state index in [2.05, 4.69) is 32.0 Å². The van der Waals surface area contributed by atoms with Crippen molar-refractivity contribution in [1.82, 2.24) is 10.2 Å². The monoisotopic (exact) mass is 263 g/mol. The fraction of sp³-hybridized carbons (Fsp3) is 0.643. The zero-order chi connectivity index (χ0) is 12.4. The molecule has 1 N–H and O–H groups in total. The fourth-order valence-corrected chi connectivity index (χ4v) is 3.78. The Hall–Kier alpha value is -1.03. The van der Waals surface area contributed by atoms with Crippen molar-refractivity contribution in [2.24, 2.45) is 10.4 Å². The van der Waals surface area contributed by atoms with Gasteiger partial charge in [0.15, 0.2) is 5.96 Å². The Balaban J connectivity index is 1.56. The molecule has 2 aliphatic rings. The van der Waals surface area contributed by atoms with Gasteiger partial charge in [-0.05, 0) is 47.1 Å². The van der Waals surface area contributed by atoms with Gasteiger partial charge in [0.05, 0.1) is 0 Å². The molecule has 3 rings (SSSR count). The van der Waals surface area contributed by atoms with Gasteiger partial charge in [-0.25, -0.2) is 0 Å². The van der Waals surface area contributed by atoms with Crippen LogP contribution in [0.2, 0.25) is 0 Å². The van der Waals surface area contributed by atoms with Crippen molar-refractivity contribution in [3.05, 3.63) is 22.4 Å². The lowest BCUT2D eigenvalue weighted by molar-refractivity contribution is 0.151. The molecular formula is C14H21N3S. The molecule has 1 aromatic heterocycles. The zero-order valence-corrected chi connectivity index (χ0v) is 11.8. The molecule has 2 fully saturated rings. The number of hydrogen-bond donors (Lipinski definition) is 1. The van der Waals surface area contributed by atoms with E-state index in [0.717, 1.165) is 12.5 Å². The van der Waals surface area contributed by atoms with E-state index >= 15 is 0 Å². The first-order valence-corrected chi connectivity index (χ1v) is 7.72. The molecule has 1 aliphatic heterocycles. The third-order valence-electron chi connectivity index (χ3n) is 4.39. The van der Waals surface area contributed by atoms with E-state index in [1.165, 1.54) is 44.3 Å². The van der Waals surface area contributed by atoms with Gasteiger partial charge in [-0.2, -0.15) is 11.3 Å². The van der Waals surface area contributed by atoms with Crippen molar-refractivity contribution in [2.75, 3.05) is 20.1 Å². The number of nitrogens with zero attached hydrogens (tertiary/aromatic N) is 2. The molecule has 0 bridgehead atoms. The Kier molecular flexibility index (Phi) is 3.29. The Bertz CT molecular complexity index is 420. The van der Waals surface area contributed by atoms with Crippen LogP contribution in [0.1, 0.15) is 31.2 Å². The molecule has 98 valence electrons. The summed E-state index contributed by atoms with van der Waals surface area (Å²) in [5.41, 5.74) is 1.98. The van der Waals surface area contributed by atoms with Gasteiger partial charge in [0.2, 0.25) is 0 Å². The molecule has 0 amide bonds. The van der Waals surface area contributed by atoms with Gasteiger partial charge in [0.25, 0.3) is 0 Å². The molecule has 1 spiro atoms. The van der Waals surface area contributed by atoms with E-state index in [1.54, 1.807) is 11.3 Å². The highest BCUT2D eigenvalue weighted by Crippen LogP contribution is 2.47. The molecule has 4 heteroatoms. The maximum Gasteiger partial charge on any atom is 0.193 e. The van der Waals surface area contributed by atoms with Crippen molar-refractivity contribution >= 4 is 17.3 Å². The molecule has 1 aliphatic carbocycles. The Morgan fingerprint density at radius 2 is 2.39 bits per heavy atom. The highest BCUT2D eigenvalue weighted by Gasteiger charge is 2.43. The normalized spacial score (nSPS) is 22.3. The zero-order valence-electron chi connectivity index (χ0n) is 11.0. The number of likely N-dealkylation sites (tertiary alicyclic amines) is 1. The fourth-order valence-electron chi connectivity index (χ4n) is 3.11. The number of rotatable bonds is 2. The number of hydrogen-bond acceptors (Lipinski definition) is 2. The van der Waals surface area contributed by atoms with Crippen molar-refractivity contribution < 1.29 is 0 Å². The summed E-state index contributed by atoms with van der Waals surface area (Å²) in [5, 5.41) is 7.80. The van der Waals surface area contributed by atoms with Crippen LogP contribution in [0.25, 0.3) is 0 Å². The van der Waals surface area contributed by atoms with Gasteiger partial charge < -0.3 is 10.2 Å². The minimum absolute atomic E-state index is 0.639. The highest BCUT2D eigenvalue weighted by atomic mass is 32.1. The van der Waals surface area contributed by atoms with Crippen LogP contribution in [0.5, 0.6) is 0 Å². The maximum absolute atomic E-state index is 4.43. The summed E-state index contributed by atoms with van der Waals surface area (Å²) in [7, 11) is 1.89. The molecule has 0 aromatic carbocycles. The molecule has 0 atom stereocenters. The second-order valence-corrected chi connectivity index (χ2v) is 6.34. The molecule has 2 heterocycles. The Morgan fingerprint density at radius 1 is 1.50 bits per heavy atom. The lowest BCUT2D eigenvalue weighted by Gasteiger charge is -2.38. The largest absolute Gasteiger partial charge is 0.352 e. The first-order valence-electron chi connectivity index (χ1n) is 6.78. The second kappa shape index (κ2) is 4.92. The van der Waals surface area contributed by atoms with Crippen LogP contribution in [0, 0.1) is 5.41 Å². The van der Waals surface area contributed by atoms with Crippen molar-refractivity contribution in [1.29, 1.82) is 0 Å². The van der Waals surface area contributed by atoms with Crippen LogP contribution >= 0.6 is 11.3 Å². The quantitative estimate of drug-likeness (QED) is 0.656. The smallest absolute Gasteiger partial charge is 0.193 e. The minimum Gasteiger partial charge on any atom is -0.352 e. The van der Waals surface area contributed by atoms with Crippen LogP contribution < -0.4 is 5.32 Å². The van der Waals surface area contributed by atoms with Crippen LogP contribution in [0.15, 0.2) is 21.8 Å². The number of guanidine groups is 1. The predicted molar refractivity (Wildman–Crippen MR) is 77.0 cm³/mol. The maximum atomic E-state index is 4.43. The summed E-state index contributed by atoms with van der Waals surface area (Å²) < 4.78 is 0. The molecule has 0 unspecified atom stereocenters. The van der Waals surface area contributed by atoms with Crippen LogP contribution in [0.4, 0.5) is 0 Å². The molecule has 1 saturated carbocycles. The van der Waals surface area contributed by atoms with E-state index < -0.39 is 0 Å². The summed E-state index contributed by atoms with van der Waals surface area (Å²) >= 11 is 1.75. The van der Waals surface area contributed by atoms with Crippen molar-refractivity contribution in [2.45, 2.75) is 32.2 Å². The Labute approximate surface area is 113 Å². The van der Waals surface area contributed by atoms with Gasteiger partial charge in [0.1, 0.15) is 0 Å². The van der Waals surface area contributed by atoms with E-state index in [0.29, 0.717) is 5.41 Å². The summed E-state index contributed by atoms with van der Waals surface area (Å²) in [6.07, 6.45) is 5.62. The van der Waals surface area contributed by atoms with Crippen LogP contribution in [0.3, 0.4) is 0 Å². The van der Waals surface area contributed by atoms with E-state index in [9.17, 15) is 0 Å². The number of aliphatic imine (C=N–C) groups is 1. The summed E-state index contributed by atoms with van der Waals surface area (Å²) in [6.45, 7) is 3.26. The van der Waals surface area contributed by atoms with E-state index in [1.807, 2.05) is 7.05 Å². The predicted octanol–water partition coefficient (Wildman–Crippen LogP) is 2.70.